The number of hydrogen-bond donors (Lipinski definition) is 1. The normalized spacial score (nSPS) is 11.8. The van der Waals surface area contributed by atoms with Crippen LogP contribution in [0, 0.1) is 0 Å². The van der Waals surface area contributed by atoms with Crippen molar-refractivity contribution in [1.82, 2.24) is 4.31 Å². The van der Waals surface area contributed by atoms with E-state index in [2.05, 4.69) is 0 Å². The monoisotopic (exact) mass is 326 g/mol. The lowest BCUT2D eigenvalue weighted by atomic mass is 10.3. The molecular formula is C14H18N2O3S2. The van der Waals surface area contributed by atoms with Gasteiger partial charge in [-0.3, -0.25) is 0 Å². The Balaban J connectivity index is 2.20. The van der Waals surface area contributed by atoms with Gasteiger partial charge in [-0.15, -0.1) is 11.3 Å². The Kier molecular flexibility index (Phi) is 4.87. The number of nitrogens with zero attached hydrogens (tertiary/aromatic N) is 1. The second-order valence-corrected chi connectivity index (χ2v) is 7.61. The van der Waals surface area contributed by atoms with Gasteiger partial charge in [0.2, 0.25) is 10.0 Å². The van der Waals surface area contributed by atoms with Crippen LogP contribution in [0.25, 0.3) is 0 Å². The van der Waals surface area contributed by atoms with Crippen molar-refractivity contribution in [2.24, 2.45) is 0 Å². The molecule has 0 amide bonds. The second kappa shape index (κ2) is 6.46. The fourth-order valence-corrected chi connectivity index (χ4v) is 3.91. The van der Waals surface area contributed by atoms with Crippen molar-refractivity contribution >= 4 is 27.0 Å². The van der Waals surface area contributed by atoms with Crippen LogP contribution in [-0.2, 0) is 16.4 Å². The summed E-state index contributed by atoms with van der Waals surface area (Å²) in [5.74, 6) is 0.262. The summed E-state index contributed by atoms with van der Waals surface area (Å²) in [6.45, 7) is 0.413. The summed E-state index contributed by atoms with van der Waals surface area (Å²) in [5, 5.41) is 1.98. The quantitative estimate of drug-likeness (QED) is 0.826. The van der Waals surface area contributed by atoms with Crippen LogP contribution in [0.5, 0.6) is 5.75 Å². The SMILES string of the molecule is COc1cc(N)ccc1S(=O)(=O)N(C)CCc1cccs1. The highest BCUT2D eigenvalue weighted by Crippen LogP contribution is 2.28. The summed E-state index contributed by atoms with van der Waals surface area (Å²) in [7, 11) is -0.596. The van der Waals surface area contributed by atoms with E-state index in [0.717, 1.165) is 4.88 Å². The van der Waals surface area contributed by atoms with Gasteiger partial charge in [-0.1, -0.05) is 6.07 Å². The van der Waals surface area contributed by atoms with Gasteiger partial charge in [0.15, 0.2) is 0 Å². The van der Waals surface area contributed by atoms with E-state index in [0.29, 0.717) is 18.7 Å². The van der Waals surface area contributed by atoms with Crippen LogP contribution in [-0.4, -0.2) is 33.4 Å². The molecule has 0 aliphatic heterocycles. The van der Waals surface area contributed by atoms with Gasteiger partial charge in [0.25, 0.3) is 0 Å². The molecule has 114 valence electrons. The Morgan fingerprint density at radius 2 is 2.10 bits per heavy atom. The topological polar surface area (TPSA) is 72.6 Å². The van der Waals surface area contributed by atoms with Crippen LogP contribution < -0.4 is 10.5 Å². The zero-order valence-corrected chi connectivity index (χ0v) is 13.6. The molecule has 1 aromatic heterocycles. The van der Waals surface area contributed by atoms with Crippen LogP contribution in [0.2, 0.25) is 0 Å². The van der Waals surface area contributed by atoms with Gasteiger partial charge in [-0.05, 0) is 30.0 Å². The number of rotatable bonds is 6. The molecule has 0 fully saturated rings. The maximum atomic E-state index is 12.6. The molecule has 0 unspecified atom stereocenters. The molecule has 0 spiro atoms. The van der Waals surface area contributed by atoms with Crippen molar-refractivity contribution in [2.75, 3.05) is 26.4 Å². The largest absolute Gasteiger partial charge is 0.495 e. The maximum Gasteiger partial charge on any atom is 0.246 e. The lowest BCUT2D eigenvalue weighted by Gasteiger charge is -2.18. The molecule has 0 saturated carbocycles. The van der Waals surface area contributed by atoms with Gasteiger partial charge in [-0.2, -0.15) is 0 Å². The summed E-state index contributed by atoms with van der Waals surface area (Å²) in [5.41, 5.74) is 6.12. The zero-order chi connectivity index (χ0) is 15.5. The molecule has 0 aliphatic carbocycles. The molecule has 1 heterocycles. The molecule has 0 aliphatic rings. The summed E-state index contributed by atoms with van der Waals surface area (Å²) in [4.78, 5) is 1.29. The van der Waals surface area contributed by atoms with Crippen LogP contribution >= 0.6 is 11.3 Å². The lowest BCUT2D eigenvalue weighted by Crippen LogP contribution is -2.29. The zero-order valence-electron chi connectivity index (χ0n) is 11.9. The number of sulfonamides is 1. The minimum Gasteiger partial charge on any atom is -0.495 e. The summed E-state index contributed by atoms with van der Waals surface area (Å²) in [6.07, 6.45) is 0.685. The number of likely N-dealkylation sites (N-methyl/N-ethyl adjacent to an activating group) is 1. The van der Waals surface area contributed by atoms with Crippen molar-refractivity contribution in [3.05, 3.63) is 40.6 Å². The third-order valence-electron chi connectivity index (χ3n) is 3.13. The standard InChI is InChI=1S/C14H18N2O3S2/c1-16(8-7-12-4-3-9-20-12)21(17,18)14-6-5-11(15)10-13(14)19-2/h3-6,9-10H,7-8,15H2,1-2H3. The number of methoxy groups -OCH3 is 1. The fourth-order valence-electron chi connectivity index (χ4n) is 1.91. The number of thiophene rings is 1. The number of hydrogen-bond acceptors (Lipinski definition) is 5. The van der Waals surface area contributed by atoms with E-state index in [4.69, 9.17) is 10.5 Å². The van der Waals surface area contributed by atoms with Gasteiger partial charge in [0.05, 0.1) is 7.11 Å². The highest BCUT2D eigenvalue weighted by molar-refractivity contribution is 7.89. The third-order valence-corrected chi connectivity index (χ3v) is 5.96. The van der Waals surface area contributed by atoms with Crippen LogP contribution in [0.1, 0.15) is 4.88 Å². The van der Waals surface area contributed by atoms with Crippen LogP contribution in [0.4, 0.5) is 5.69 Å². The molecule has 21 heavy (non-hydrogen) atoms. The first-order chi connectivity index (χ1) is 9.95. The average Bonchev–Trinajstić information content (AvgIpc) is 2.97. The van der Waals surface area contributed by atoms with Gasteiger partial charge in [-0.25, -0.2) is 12.7 Å². The number of anilines is 1. The van der Waals surface area contributed by atoms with E-state index in [1.54, 1.807) is 24.5 Å². The number of nitrogens with two attached hydrogens (primary N) is 1. The number of nitrogen functional groups attached to an aromatic ring is 1. The minimum absolute atomic E-state index is 0.132. The highest BCUT2D eigenvalue weighted by atomic mass is 32.2. The molecule has 2 aromatic rings. The second-order valence-electron chi connectivity index (χ2n) is 4.57. The van der Waals surface area contributed by atoms with E-state index < -0.39 is 10.0 Å². The van der Waals surface area contributed by atoms with Gasteiger partial charge in [0, 0.05) is 30.2 Å². The first-order valence-electron chi connectivity index (χ1n) is 6.37. The van der Waals surface area contributed by atoms with Crippen LogP contribution in [0.3, 0.4) is 0 Å². The Labute approximate surface area is 129 Å². The first kappa shape index (κ1) is 15.8. The summed E-state index contributed by atoms with van der Waals surface area (Å²) < 4.78 is 31.6. The fraction of sp³-hybridized carbons (Fsp3) is 0.286. The van der Waals surface area contributed by atoms with Crippen molar-refractivity contribution in [3.8, 4) is 5.75 Å². The molecular weight excluding hydrogens is 308 g/mol. The maximum absolute atomic E-state index is 12.6. The molecule has 0 radical (unpaired) electrons. The van der Waals surface area contributed by atoms with E-state index >= 15 is 0 Å². The smallest absolute Gasteiger partial charge is 0.246 e. The predicted molar refractivity (Wildman–Crippen MR) is 85.2 cm³/mol. The van der Waals surface area contributed by atoms with Crippen molar-refractivity contribution in [2.45, 2.75) is 11.3 Å². The predicted octanol–water partition coefficient (Wildman–Crippen LogP) is 2.20. The first-order valence-corrected chi connectivity index (χ1v) is 8.69. The Morgan fingerprint density at radius 1 is 1.33 bits per heavy atom. The van der Waals surface area contributed by atoms with Crippen molar-refractivity contribution in [3.63, 3.8) is 0 Å². The van der Waals surface area contributed by atoms with Crippen molar-refractivity contribution in [1.29, 1.82) is 0 Å². The van der Waals surface area contributed by atoms with E-state index in [9.17, 15) is 8.42 Å². The Morgan fingerprint density at radius 3 is 2.71 bits per heavy atom. The summed E-state index contributed by atoms with van der Waals surface area (Å²) in [6, 6.07) is 8.50. The van der Waals surface area contributed by atoms with Gasteiger partial charge >= 0.3 is 0 Å². The van der Waals surface area contributed by atoms with E-state index in [1.807, 2.05) is 17.5 Å². The lowest BCUT2D eigenvalue weighted by molar-refractivity contribution is 0.398. The Bertz CT molecular complexity index is 697. The third kappa shape index (κ3) is 3.55. The molecule has 2 N–H and O–H groups in total. The molecule has 5 nitrogen and oxygen atoms in total. The molecule has 0 saturated heterocycles. The van der Waals surface area contributed by atoms with Gasteiger partial charge < -0.3 is 10.5 Å². The Hall–Kier alpha value is -1.57. The number of ether oxygens (including phenoxy) is 1. The summed E-state index contributed by atoms with van der Waals surface area (Å²) >= 11 is 1.62. The van der Waals surface area contributed by atoms with E-state index in [1.165, 1.54) is 23.5 Å². The number of benzene rings is 1. The highest BCUT2D eigenvalue weighted by Gasteiger charge is 2.24. The molecule has 2 rings (SSSR count). The van der Waals surface area contributed by atoms with E-state index in [-0.39, 0.29) is 10.6 Å². The molecule has 7 heteroatoms. The molecule has 1 aromatic carbocycles. The molecule has 0 atom stereocenters. The van der Waals surface area contributed by atoms with Gasteiger partial charge in [0.1, 0.15) is 10.6 Å². The van der Waals surface area contributed by atoms with Crippen molar-refractivity contribution < 1.29 is 13.2 Å². The average molecular weight is 326 g/mol. The van der Waals surface area contributed by atoms with Crippen LogP contribution in [0.15, 0.2) is 40.6 Å². The minimum atomic E-state index is -3.59. The molecule has 0 bridgehead atoms.